The molecule has 0 saturated carbocycles. The summed E-state index contributed by atoms with van der Waals surface area (Å²) in [5.74, 6) is 1.72. The van der Waals surface area contributed by atoms with Crippen LogP contribution in [0.4, 0.5) is 0 Å². The van der Waals surface area contributed by atoms with Crippen LogP contribution in [-0.4, -0.2) is 44.2 Å². The molecule has 4 rings (SSSR count). The number of methoxy groups -OCH3 is 1. The van der Waals surface area contributed by atoms with E-state index in [1.54, 1.807) is 18.4 Å². The van der Waals surface area contributed by atoms with Gasteiger partial charge in [-0.15, -0.1) is 11.3 Å². The van der Waals surface area contributed by atoms with E-state index in [-0.39, 0.29) is 0 Å². The first-order chi connectivity index (χ1) is 13.2. The molecule has 0 amide bonds. The average molecular weight is 378 g/mol. The molecule has 0 aliphatic rings. The molecule has 0 fully saturated rings. The van der Waals surface area contributed by atoms with Crippen LogP contribution in [0.3, 0.4) is 0 Å². The van der Waals surface area contributed by atoms with Crippen molar-refractivity contribution in [3.05, 3.63) is 54.0 Å². The highest BCUT2D eigenvalue weighted by atomic mass is 32.1. The van der Waals surface area contributed by atoms with Crippen molar-refractivity contribution in [2.75, 3.05) is 34.4 Å². The van der Waals surface area contributed by atoms with Crippen molar-refractivity contribution in [2.45, 2.75) is 0 Å². The zero-order valence-electron chi connectivity index (χ0n) is 15.7. The fourth-order valence-corrected chi connectivity index (χ4v) is 3.99. The summed E-state index contributed by atoms with van der Waals surface area (Å²) in [7, 11) is 5.79. The Morgan fingerprint density at radius 3 is 2.59 bits per heavy atom. The van der Waals surface area contributed by atoms with Crippen molar-refractivity contribution in [1.82, 2.24) is 9.88 Å². The van der Waals surface area contributed by atoms with Gasteiger partial charge in [0.05, 0.1) is 17.3 Å². The number of rotatable bonds is 6. The normalized spacial score (nSPS) is 11.4. The van der Waals surface area contributed by atoms with Crippen LogP contribution < -0.4 is 9.47 Å². The van der Waals surface area contributed by atoms with Crippen LogP contribution in [0, 0.1) is 0 Å². The largest absolute Gasteiger partial charge is 0.496 e. The van der Waals surface area contributed by atoms with Crippen LogP contribution in [0.15, 0.2) is 54.0 Å². The first-order valence-electron chi connectivity index (χ1n) is 8.88. The number of fused-ring (bicyclic) bond motifs is 3. The van der Waals surface area contributed by atoms with Crippen LogP contribution in [0.2, 0.25) is 0 Å². The molecule has 2 heterocycles. The molecule has 0 bridgehead atoms. The van der Waals surface area contributed by atoms with Crippen LogP contribution in [0.5, 0.6) is 11.5 Å². The molecule has 2 aromatic heterocycles. The Labute approximate surface area is 163 Å². The number of likely N-dealkylation sites (N-methyl/N-ethyl adjacent to an activating group) is 1. The summed E-state index contributed by atoms with van der Waals surface area (Å²) < 4.78 is 12.7. The van der Waals surface area contributed by atoms with E-state index in [0.717, 1.165) is 40.1 Å². The van der Waals surface area contributed by atoms with Gasteiger partial charge in [-0.05, 0) is 55.4 Å². The standard InChI is InChI=1S/C22H22N2O2S/c1-24(2)11-12-26-16-6-4-15(5-7-16)21-19(25-3)9-8-18-22(21)17-10-13-27-20(17)14-23-18/h4-10,13-14H,11-12H2,1-3H3. The molecule has 27 heavy (non-hydrogen) atoms. The highest BCUT2D eigenvalue weighted by Gasteiger charge is 2.15. The summed E-state index contributed by atoms with van der Waals surface area (Å²) in [6, 6.07) is 14.4. The number of benzene rings is 2. The first kappa shape index (κ1) is 17.8. The Morgan fingerprint density at radius 1 is 1.04 bits per heavy atom. The molecule has 4 aromatic rings. The molecule has 0 aliphatic heterocycles. The van der Waals surface area contributed by atoms with Gasteiger partial charge in [-0.1, -0.05) is 12.1 Å². The van der Waals surface area contributed by atoms with Gasteiger partial charge in [0, 0.05) is 29.1 Å². The third kappa shape index (κ3) is 3.48. The molecule has 2 aromatic carbocycles. The molecular formula is C22H22N2O2S. The summed E-state index contributed by atoms with van der Waals surface area (Å²) in [6.45, 7) is 1.56. The maximum Gasteiger partial charge on any atom is 0.127 e. The van der Waals surface area contributed by atoms with Crippen molar-refractivity contribution in [1.29, 1.82) is 0 Å². The van der Waals surface area contributed by atoms with E-state index in [2.05, 4.69) is 33.5 Å². The van der Waals surface area contributed by atoms with E-state index in [9.17, 15) is 0 Å². The monoisotopic (exact) mass is 378 g/mol. The maximum absolute atomic E-state index is 5.83. The van der Waals surface area contributed by atoms with E-state index in [1.807, 2.05) is 44.6 Å². The maximum atomic E-state index is 5.83. The van der Waals surface area contributed by atoms with Gasteiger partial charge in [0.25, 0.3) is 0 Å². The van der Waals surface area contributed by atoms with Crippen LogP contribution in [0.1, 0.15) is 0 Å². The molecule has 0 aliphatic carbocycles. The average Bonchev–Trinajstić information content (AvgIpc) is 3.16. The summed E-state index contributed by atoms with van der Waals surface area (Å²) in [5, 5.41) is 4.45. The lowest BCUT2D eigenvalue weighted by atomic mass is 9.97. The van der Waals surface area contributed by atoms with Gasteiger partial charge in [-0.2, -0.15) is 0 Å². The lowest BCUT2D eigenvalue weighted by Gasteiger charge is -2.14. The van der Waals surface area contributed by atoms with E-state index in [1.165, 1.54) is 10.1 Å². The molecule has 4 nitrogen and oxygen atoms in total. The second kappa shape index (κ2) is 7.55. The fraction of sp³-hybridized carbons (Fsp3) is 0.227. The predicted octanol–water partition coefficient (Wildman–Crippen LogP) is 5.07. The number of hydrogen-bond donors (Lipinski definition) is 0. The summed E-state index contributed by atoms with van der Waals surface area (Å²) in [4.78, 5) is 6.75. The summed E-state index contributed by atoms with van der Waals surface area (Å²) >= 11 is 1.71. The Kier molecular flexibility index (Phi) is 4.97. The minimum Gasteiger partial charge on any atom is -0.496 e. The minimum atomic E-state index is 0.670. The molecule has 138 valence electrons. The summed E-state index contributed by atoms with van der Waals surface area (Å²) in [5.41, 5.74) is 3.15. The zero-order chi connectivity index (χ0) is 18.8. The SMILES string of the molecule is COc1ccc2ncc3sccc3c2c1-c1ccc(OCCN(C)C)cc1. The lowest BCUT2D eigenvalue weighted by Crippen LogP contribution is -2.19. The Bertz CT molecular complexity index is 1070. The van der Waals surface area contributed by atoms with Crippen LogP contribution >= 0.6 is 11.3 Å². The third-order valence-electron chi connectivity index (χ3n) is 4.60. The highest BCUT2D eigenvalue weighted by molar-refractivity contribution is 7.17. The van der Waals surface area contributed by atoms with Gasteiger partial charge in [-0.3, -0.25) is 4.98 Å². The Morgan fingerprint density at radius 2 is 1.85 bits per heavy atom. The van der Waals surface area contributed by atoms with Gasteiger partial charge in [0.2, 0.25) is 0 Å². The summed E-state index contributed by atoms with van der Waals surface area (Å²) in [6.07, 6.45) is 1.94. The van der Waals surface area contributed by atoms with Crippen LogP contribution in [0.25, 0.3) is 32.1 Å². The van der Waals surface area contributed by atoms with E-state index in [4.69, 9.17) is 9.47 Å². The predicted molar refractivity (Wildman–Crippen MR) is 113 cm³/mol. The second-order valence-corrected chi connectivity index (χ2v) is 7.62. The van der Waals surface area contributed by atoms with Gasteiger partial charge < -0.3 is 14.4 Å². The first-order valence-corrected chi connectivity index (χ1v) is 9.76. The molecule has 5 heteroatoms. The lowest BCUT2D eigenvalue weighted by molar-refractivity contribution is 0.261. The highest BCUT2D eigenvalue weighted by Crippen LogP contribution is 2.41. The number of aromatic nitrogens is 1. The van der Waals surface area contributed by atoms with Crippen molar-refractivity contribution in [2.24, 2.45) is 0 Å². The Hall–Kier alpha value is -2.63. The third-order valence-corrected chi connectivity index (χ3v) is 5.45. The quantitative estimate of drug-likeness (QED) is 0.469. The van der Waals surface area contributed by atoms with Gasteiger partial charge in [0.1, 0.15) is 18.1 Å². The minimum absolute atomic E-state index is 0.670. The number of pyridine rings is 1. The molecule has 0 unspecified atom stereocenters. The second-order valence-electron chi connectivity index (χ2n) is 6.67. The molecule has 0 radical (unpaired) electrons. The molecule has 0 N–H and O–H groups in total. The number of nitrogens with zero attached hydrogens (tertiary/aromatic N) is 2. The topological polar surface area (TPSA) is 34.6 Å². The molecule has 0 spiro atoms. The number of thiophene rings is 1. The van der Waals surface area contributed by atoms with E-state index in [0.29, 0.717) is 6.61 Å². The van der Waals surface area contributed by atoms with Gasteiger partial charge in [0.15, 0.2) is 0 Å². The van der Waals surface area contributed by atoms with E-state index >= 15 is 0 Å². The fourth-order valence-electron chi connectivity index (χ4n) is 3.23. The van der Waals surface area contributed by atoms with Crippen molar-refractivity contribution in [3.8, 4) is 22.6 Å². The van der Waals surface area contributed by atoms with Crippen LogP contribution in [-0.2, 0) is 0 Å². The Balaban J connectivity index is 1.79. The number of ether oxygens (including phenoxy) is 2. The number of hydrogen-bond acceptors (Lipinski definition) is 5. The van der Waals surface area contributed by atoms with Crippen molar-refractivity contribution >= 4 is 32.3 Å². The molecule has 0 saturated heterocycles. The van der Waals surface area contributed by atoms with Gasteiger partial charge >= 0.3 is 0 Å². The van der Waals surface area contributed by atoms with Crippen molar-refractivity contribution in [3.63, 3.8) is 0 Å². The smallest absolute Gasteiger partial charge is 0.127 e. The zero-order valence-corrected chi connectivity index (χ0v) is 16.5. The molecule has 0 atom stereocenters. The van der Waals surface area contributed by atoms with Gasteiger partial charge in [-0.25, -0.2) is 0 Å². The van der Waals surface area contributed by atoms with E-state index < -0.39 is 0 Å². The molecular weight excluding hydrogens is 356 g/mol. The van der Waals surface area contributed by atoms with Crippen molar-refractivity contribution < 1.29 is 9.47 Å².